The Hall–Kier alpha value is -3.37. The third-order valence-corrected chi connectivity index (χ3v) is 7.45. The number of benzene rings is 1. The van der Waals surface area contributed by atoms with E-state index in [9.17, 15) is 27.6 Å². The molecule has 2 heterocycles. The van der Waals surface area contributed by atoms with Gasteiger partial charge < -0.3 is 19.9 Å². The molecule has 2 amide bonds. The number of hydrogen-bond acceptors (Lipinski definition) is 5. The van der Waals surface area contributed by atoms with E-state index < -0.39 is 35.6 Å². The molecule has 1 atom stereocenters. The predicted octanol–water partition coefficient (Wildman–Crippen LogP) is 4.85. The van der Waals surface area contributed by atoms with Crippen molar-refractivity contribution >= 4 is 17.8 Å². The molecule has 4 rings (SSSR count). The number of primary amides is 1. The molecule has 2 N–H and O–H groups in total. The highest BCUT2D eigenvalue weighted by atomic mass is 19.4. The van der Waals surface area contributed by atoms with Crippen molar-refractivity contribution in [3.8, 4) is 11.3 Å². The van der Waals surface area contributed by atoms with E-state index in [0.29, 0.717) is 29.7 Å². The SMILES string of the molecule is Cn1cc(-c2ccc3c(c2)CN(C(CCC(=O)OC(C)(C)C)C(N)=O)C3=O)nc1C1CCC(C(F)(F)F)CC1. The lowest BCUT2D eigenvalue weighted by Crippen LogP contribution is -2.45. The summed E-state index contributed by atoms with van der Waals surface area (Å²) in [6.45, 7) is 5.40. The fraction of sp³-hybridized carbons (Fsp3) is 0.571. The molecule has 0 radical (unpaired) electrons. The minimum atomic E-state index is -4.16. The van der Waals surface area contributed by atoms with Gasteiger partial charge in [0.2, 0.25) is 5.91 Å². The lowest BCUT2D eigenvalue weighted by Gasteiger charge is -2.29. The molecule has 0 spiro atoms. The van der Waals surface area contributed by atoms with Gasteiger partial charge in [0.05, 0.1) is 11.6 Å². The van der Waals surface area contributed by atoms with Gasteiger partial charge >= 0.3 is 12.1 Å². The van der Waals surface area contributed by atoms with Gasteiger partial charge in [-0.1, -0.05) is 6.07 Å². The van der Waals surface area contributed by atoms with Crippen molar-refractivity contribution in [2.24, 2.45) is 18.7 Å². The molecule has 2 aliphatic rings. The van der Waals surface area contributed by atoms with Gasteiger partial charge in [-0.05, 0) is 70.6 Å². The second-order valence-electron chi connectivity index (χ2n) is 11.5. The summed E-state index contributed by atoms with van der Waals surface area (Å²) in [5.74, 6) is -2.06. The van der Waals surface area contributed by atoms with Crippen LogP contribution in [0.2, 0.25) is 0 Å². The van der Waals surface area contributed by atoms with Gasteiger partial charge in [0.25, 0.3) is 5.91 Å². The Balaban J connectivity index is 1.47. The number of carbonyl (C=O) groups is 3. The van der Waals surface area contributed by atoms with Crippen LogP contribution in [0.5, 0.6) is 0 Å². The van der Waals surface area contributed by atoms with Crippen LogP contribution < -0.4 is 5.73 Å². The normalized spacial score (nSPS) is 20.6. The number of hydrogen-bond donors (Lipinski definition) is 1. The highest BCUT2D eigenvalue weighted by Crippen LogP contribution is 2.43. The summed E-state index contributed by atoms with van der Waals surface area (Å²) in [4.78, 5) is 43.7. The Morgan fingerprint density at radius 3 is 2.41 bits per heavy atom. The molecule has 1 unspecified atom stereocenters. The van der Waals surface area contributed by atoms with Crippen LogP contribution in [0.4, 0.5) is 13.2 Å². The highest BCUT2D eigenvalue weighted by molar-refractivity contribution is 6.01. The summed E-state index contributed by atoms with van der Waals surface area (Å²) < 4.78 is 46.4. The number of nitrogens with zero attached hydrogens (tertiary/aromatic N) is 3. The number of fused-ring (bicyclic) bond motifs is 1. The fourth-order valence-corrected chi connectivity index (χ4v) is 5.53. The number of halogens is 3. The maximum Gasteiger partial charge on any atom is 0.391 e. The van der Waals surface area contributed by atoms with Crippen LogP contribution in [-0.4, -0.2) is 50.1 Å². The first-order valence-corrected chi connectivity index (χ1v) is 13.2. The van der Waals surface area contributed by atoms with Crippen LogP contribution in [0.15, 0.2) is 24.4 Å². The number of imidazole rings is 1. The van der Waals surface area contributed by atoms with E-state index in [1.807, 2.05) is 23.9 Å². The van der Waals surface area contributed by atoms with Crippen LogP contribution >= 0.6 is 0 Å². The summed E-state index contributed by atoms with van der Waals surface area (Å²) in [6, 6.07) is 4.33. The van der Waals surface area contributed by atoms with E-state index in [2.05, 4.69) is 0 Å². The van der Waals surface area contributed by atoms with Gasteiger partial charge in [-0.3, -0.25) is 14.4 Å². The number of nitrogens with two attached hydrogens (primary N) is 1. The van der Waals surface area contributed by atoms with E-state index in [-0.39, 0.29) is 44.1 Å². The number of ether oxygens (including phenoxy) is 1. The number of carbonyl (C=O) groups excluding carboxylic acids is 3. The van der Waals surface area contributed by atoms with Crippen LogP contribution in [0.1, 0.15) is 87.0 Å². The molecular weight excluding hydrogens is 513 g/mol. The molecule has 39 heavy (non-hydrogen) atoms. The van der Waals surface area contributed by atoms with Crippen molar-refractivity contribution < 1.29 is 32.3 Å². The van der Waals surface area contributed by atoms with E-state index in [4.69, 9.17) is 15.5 Å². The first-order chi connectivity index (χ1) is 18.1. The zero-order valence-corrected chi connectivity index (χ0v) is 22.7. The van der Waals surface area contributed by atoms with Crippen LogP contribution in [-0.2, 0) is 27.9 Å². The molecule has 1 fully saturated rings. The zero-order valence-electron chi connectivity index (χ0n) is 22.7. The summed E-state index contributed by atoms with van der Waals surface area (Å²) in [5, 5.41) is 0. The smallest absolute Gasteiger partial charge is 0.391 e. The van der Waals surface area contributed by atoms with Crippen molar-refractivity contribution in [2.75, 3.05) is 0 Å². The number of aryl methyl sites for hydroxylation is 1. The van der Waals surface area contributed by atoms with Gasteiger partial charge in [0, 0.05) is 43.3 Å². The first kappa shape index (κ1) is 28.6. The number of amides is 2. The maximum atomic E-state index is 13.1. The standard InChI is InChI=1S/C28H35F3N4O4/c1-27(2,3)39-23(36)12-11-22(24(32)37)35-14-18-13-17(7-10-20(18)26(35)38)21-15-34(4)25(33-21)16-5-8-19(9-6-16)28(29,30)31/h7,10,13,15-16,19,22H,5-6,8-9,11-12,14H2,1-4H3,(H2,32,37). The van der Waals surface area contributed by atoms with E-state index in [1.54, 1.807) is 32.9 Å². The van der Waals surface area contributed by atoms with Gasteiger partial charge in [-0.2, -0.15) is 13.2 Å². The summed E-state index contributed by atoms with van der Waals surface area (Å²) in [5.41, 5.74) is 7.53. The Morgan fingerprint density at radius 2 is 1.82 bits per heavy atom. The lowest BCUT2D eigenvalue weighted by molar-refractivity contribution is -0.182. The summed E-state index contributed by atoms with van der Waals surface area (Å²) in [6.07, 6.45) is -1.26. The van der Waals surface area contributed by atoms with E-state index in [0.717, 1.165) is 11.4 Å². The Bertz CT molecular complexity index is 1260. The molecule has 1 aromatic heterocycles. The Morgan fingerprint density at radius 1 is 1.15 bits per heavy atom. The van der Waals surface area contributed by atoms with Crippen molar-refractivity contribution in [3.63, 3.8) is 0 Å². The minimum Gasteiger partial charge on any atom is -0.460 e. The molecule has 212 valence electrons. The molecule has 0 saturated heterocycles. The molecule has 1 aliphatic carbocycles. The lowest BCUT2D eigenvalue weighted by atomic mass is 9.81. The molecule has 11 heteroatoms. The average Bonchev–Trinajstić information content (AvgIpc) is 3.37. The zero-order chi connectivity index (χ0) is 28.7. The van der Waals surface area contributed by atoms with Gasteiger partial charge in [0.1, 0.15) is 17.5 Å². The van der Waals surface area contributed by atoms with Gasteiger partial charge in [-0.25, -0.2) is 4.98 Å². The minimum absolute atomic E-state index is 0.0462. The third-order valence-electron chi connectivity index (χ3n) is 7.45. The average molecular weight is 549 g/mol. The molecular formula is C28H35F3N4O4. The third kappa shape index (κ3) is 6.45. The molecule has 2 aromatic rings. The molecule has 1 aromatic carbocycles. The van der Waals surface area contributed by atoms with E-state index >= 15 is 0 Å². The monoisotopic (exact) mass is 548 g/mol. The topological polar surface area (TPSA) is 108 Å². The van der Waals surface area contributed by atoms with Gasteiger partial charge in [0.15, 0.2) is 0 Å². The molecule has 8 nitrogen and oxygen atoms in total. The fourth-order valence-electron chi connectivity index (χ4n) is 5.53. The van der Waals surface area contributed by atoms with Crippen LogP contribution in [0.3, 0.4) is 0 Å². The molecule has 0 bridgehead atoms. The van der Waals surface area contributed by atoms with E-state index in [1.165, 1.54) is 4.90 Å². The van der Waals surface area contributed by atoms with Crippen molar-refractivity contribution in [1.29, 1.82) is 0 Å². The quantitative estimate of drug-likeness (QED) is 0.498. The van der Waals surface area contributed by atoms with Crippen molar-refractivity contribution in [3.05, 3.63) is 41.3 Å². The Kier molecular flexibility index (Phi) is 7.82. The molecule has 1 saturated carbocycles. The summed E-state index contributed by atoms with van der Waals surface area (Å²) >= 11 is 0. The maximum absolute atomic E-state index is 13.1. The van der Waals surface area contributed by atoms with Crippen molar-refractivity contribution in [2.45, 2.75) is 89.6 Å². The number of esters is 1. The van der Waals surface area contributed by atoms with Crippen LogP contribution in [0.25, 0.3) is 11.3 Å². The second-order valence-corrected chi connectivity index (χ2v) is 11.5. The highest BCUT2D eigenvalue weighted by Gasteiger charge is 2.42. The second kappa shape index (κ2) is 10.7. The first-order valence-electron chi connectivity index (χ1n) is 13.2. The van der Waals surface area contributed by atoms with Crippen LogP contribution in [0, 0.1) is 5.92 Å². The largest absolute Gasteiger partial charge is 0.460 e. The number of alkyl halides is 3. The van der Waals surface area contributed by atoms with Gasteiger partial charge in [-0.15, -0.1) is 0 Å². The number of rotatable bonds is 7. The number of aromatic nitrogens is 2. The summed E-state index contributed by atoms with van der Waals surface area (Å²) in [7, 11) is 1.84. The predicted molar refractivity (Wildman–Crippen MR) is 137 cm³/mol. The van der Waals surface area contributed by atoms with Crippen molar-refractivity contribution in [1.82, 2.24) is 14.5 Å². The Labute approximate surface area is 225 Å². The molecule has 1 aliphatic heterocycles.